The monoisotopic (exact) mass is 364 g/mol. The average molecular weight is 364 g/mol. The van der Waals surface area contributed by atoms with E-state index in [1.54, 1.807) is 19.5 Å². The smallest absolute Gasteiger partial charge is 0.308 e. The van der Waals surface area contributed by atoms with Gasteiger partial charge in [0.15, 0.2) is 0 Å². The first-order valence-electron chi connectivity index (χ1n) is 5.71. The van der Waals surface area contributed by atoms with Gasteiger partial charge in [-0.15, -0.1) is 10.2 Å². The summed E-state index contributed by atoms with van der Waals surface area (Å²) in [6, 6.07) is 0. The molecule has 0 radical (unpaired) electrons. The third-order valence-electron chi connectivity index (χ3n) is 2.37. The largest absolute Gasteiger partial charge is 0.368 e. The van der Waals surface area contributed by atoms with Crippen LogP contribution in [-0.4, -0.2) is 54.6 Å². The maximum atomic E-state index is 12.6. The molecule has 14 heteroatoms. The molecule has 11 nitrogen and oxygen atoms in total. The van der Waals surface area contributed by atoms with Gasteiger partial charge in [0, 0.05) is 33.7 Å². The lowest BCUT2D eigenvalue weighted by Crippen LogP contribution is -1.96. The molecule has 2 rings (SSSR count). The number of tetrazole rings is 2. The zero-order valence-corrected chi connectivity index (χ0v) is 14.7. The van der Waals surface area contributed by atoms with Crippen LogP contribution >= 0.6 is 31.1 Å². The van der Waals surface area contributed by atoms with Crippen LogP contribution < -0.4 is 0 Å². The summed E-state index contributed by atoms with van der Waals surface area (Å²) < 4.78 is 26.0. The summed E-state index contributed by atoms with van der Waals surface area (Å²) in [4.78, 5) is 0. The number of nitrogens with zero attached hydrogens (tertiary/aromatic N) is 8. The second kappa shape index (κ2) is 7.33. The van der Waals surface area contributed by atoms with Crippen LogP contribution in [0.2, 0.25) is 0 Å². The molecule has 0 fully saturated rings. The molecule has 2 aromatic heterocycles. The van der Waals surface area contributed by atoms with Gasteiger partial charge in [-0.25, -0.2) is 9.36 Å². The third kappa shape index (κ3) is 3.73. The van der Waals surface area contributed by atoms with Gasteiger partial charge in [-0.05, 0) is 32.6 Å². The molecule has 2 aromatic rings. The van der Waals surface area contributed by atoms with Crippen molar-refractivity contribution < 1.29 is 13.6 Å². The predicted molar refractivity (Wildman–Crippen MR) is 79.0 cm³/mol. The van der Waals surface area contributed by atoms with E-state index >= 15 is 0 Å². The summed E-state index contributed by atoms with van der Waals surface area (Å²) in [5.74, 6) is 0. The average Bonchev–Trinajstić information content (AvgIpc) is 3.11. The van der Waals surface area contributed by atoms with Crippen molar-refractivity contribution in [2.45, 2.75) is 10.3 Å². The fourth-order valence-electron chi connectivity index (χ4n) is 1.22. The fourth-order valence-corrected chi connectivity index (χ4v) is 4.80. The topological polar surface area (TPSA) is 123 Å². The highest BCUT2D eigenvalue weighted by molar-refractivity contribution is 8.11. The van der Waals surface area contributed by atoms with E-state index in [4.69, 9.17) is 9.05 Å². The van der Waals surface area contributed by atoms with Crippen molar-refractivity contribution in [1.29, 1.82) is 0 Å². The van der Waals surface area contributed by atoms with Crippen molar-refractivity contribution in [1.82, 2.24) is 40.4 Å². The van der Waals surface area contributed by atoms with Crippen molar-refractivity contribution in [2.24, 2.45) is 14.1 Å². The van der Waals surface area contributed by atoms with Gasteiger partial charge < -0.3 is 9.05 Å². The second-order valence-electron chi connectivity index (χ2n) is 3.71. The molecule has 2 heterocycles. The Kier molecular flexibility index (Phi) is 5.69. The minimum Gasteiger partial charge on any atom is -0.308 e. The van der Waals surface area contributed by atoms with Crippen LogP contribution in [0.15, 0.2) is 20.4 Å². The normalized spacial score (nSPS) is 12.8. The molecule has 0 aromatic carbocycles. The predicted octanol–water partition coefficient (Wildman–Crippen LogP) is 0.903. The van der Waals surface area contributed by atoms with Gasteiger partial charge in [0.2, 0.25) is 10.3 Å². The van der Waals surface area contributed by atoms with Crippen LogP contribution in [-0.2, 0) is 27.7 Å². The molecule has 0 atom stereocenters. The lowest BCUT2D eigenvalue weighted by Gasteiger charge is -2.15. The highest BCUT2D eigenvalue weighted by atomic mass is 32.2. The van der Waals surface area contributed by atoms with Crippen LogP contribution in [0.5, 0.6) is 0 Å². The van der Waals surface area contributed by atoms with Crippen LogP contribution in [0.3, 0.4) is 0 Å². The number of hydrogen-bond donors (Lipinski definition) is 0. The van der Waals surface area contributed by atoms with Gasteiger partial charge in [-0.3, -0.25) is 4.57 Å². The van der Waals surface area contributed by atoms with E-state index in [0.29, 0.717) is 15.0 Å². The number of hydrogen-bond acceptors (Lipinski definition) is 11. The molecule has 0 saturated heterocycles. The van der Waals surface area contributed by atoms with Crippen molar-refractivity contribution in [3.63, 3.8) is 0 Å². The summed E-state index contributed by atoms with van der Waals surface area (Å²) in [7, 11) is 2.51. The molecule has 0 aliphatic carbocycles. The van der Waals surface area contributed by atoms with E-state index in [0.717, 1.165) is 11.8 Å². The minimum atomic E-state index is -3.47. The van der Waals surface area contributed by atoms with Crippen molar-refractivity contribution in [3.05, 3.63) is 10.1 Å². The Morgan fingerprint density at radius 2 is 1.64 bits per heavy atom. The van der Waals surface area contributed by atoms with Crippen molar-refractivity contribution >= 4 is 31.1 Å². The lowest BCUT2D eigenvalue weighted by atomic mass is 11.2. The van der Waals surface area contributed by atoms with Crippen LogP contribution in [0.25, 0.3) is 0 Å². The van der Waals surface area contributed by atoms with E-state index in [2.05, 4.69) is 31.1 Å². The first-order chi connectivity index (χ1) is 10.5. The minimum absolute atomic E-state index is 0.323. The van der Waals surface area contributed by atoms with Gasteiger partial charge in [0.25, 0.3) is 0 Å². The highest BCUT2D eigenvalue weighted by Gasteiger charge is 2.30. The zero-order chi connectivity index (χ0) is 16.2. The van der Waals surface area contributed by atoms with Crippen LogP contribution in [0.1, 0.15) is 0 Å². The van der Waals surface area contributed by atoms with E-state index in [-0.39, 0.29) is 0 Å². The fraction of sp³-hybridized carbons (Fsp3) is 0.500. The maximum absolute atomic E-state index is 12.6. The SMILES string of the molecule is COP(=O)(OC)C(=CSc1nnnn1C)Sc1nnnn1C. The Morgan fingerprint density at radius 1 is 1.09 bits per heavy atom. The Hall–Kier alpha value is -1.27. The first-order valence-corrected chi connectivity index (χ1v) is 8.95. The van der Waals surface area contributed by atoms with Gasteiger partial charge in [-0.2, -0.15) is 0 Å². The molecule has 0 aliphatic rings. The molecular weight excluding hydrogens is 351 g/mol. The summed E-state index contributed by atoms with van der Waals surface area (Å²) in [5, 5.41) is 24.7. The maximum Gasteiger partial charge on any atom is 0.368 e. The molecule has 0 saturated carbocycles. The molecule has 22 heavy (non-hydrogen) atoms. The lowest BCUT2D eigenvalue weighted by molar-refractivity contribution is 0.285. The molecule has 0 unspecified atom stereocenters. The molecular formula is C8H13N8O3PS2. The van der Waals surface area contributed by atoms with E-state index < -0.39 is 7.60 Å². The number of rotatable bonds is 7. The van der Waals surface area contributed by atoms with Crippen molar-refractivity contribution in [2.75, 3.05) is 14.2 Å². The Morgan fingerprint density at radius 3 is 2.09 bits per heavy atom. The van der Waals surface area contributed by atoms with Gasteiger partial charge in [0.05, 0.1) is 0 Å². The summed E-state index contributed by atoms with van der Waals surface area (Å²) in [6.07, 6.45) is 0. The highest BCUT2D eigenvalue weighted by Crippen LogP contribution is 2.61. The Labute approximate surface area is 134 Å². The van der Waals surface area contributed by atoms with Crippen molar-refractivity contribution in [3.8, 4) is 0 Å². The molecule has 0 amide bonds. The summed E-state index contributed by atoms with van der Waals surface area (Å²) in [5.41, 5.74) is 0. The third-order valence-corrected chi connectivity index (χ3v) is 7.04. The Balaban J connectivity index is 2.31. The quantitative estimate of drug-likeness (QED) is 0.514. The van der Waals surface area contributed by atoms with Gasteiger partial charge in [0.1, 0.15) is 4.65 Å². The molecule has 0 N–H and O–H groups in total. The standard InChI is InChI=1S/C8H13N8O3PS2/c1-15-7(9-11-13-15)21-5-6(20(17,18-3)19-4)22-8-10-12-14-16(8)2/h5H,1-4H3. The van der Waals surface area contributed by atoms with E-state index in [1.165, 1.54) is 35.3 Å². The van der Waals surface area contributed by atoms with Crippen LogP contribution in [0.4, 0.5) is 0 Å². The van der Waals surface area contributed by atoms with Gasteiger partial charge in [-0.1, -0.05) is 11.8 Å². The second-order valence-corrected chi connectivity index (χ2v) is 8.06. The van der Waals surface area contributed by atoms with Crippen LogP contribution in [0, 0.1) is 0 Å². The zero-order valence-electron chi connectivity index (χ0n) is 12.1. The number of aryl methyl sites for hydroxylation is 2. The molecule has 0 spiro atoms. The van der Waals surface area contributed by atoms with E-state index in [1.807, 2.05) is 0 Å². The molecule has 0 aliphatic heterocycles. The molecule has 120 valence electrons. The van der Waals surface area contributed by atoms with E-state index in [9.17, 15) is 4.57 Å². The summed E-state index contributed by atoms with van der Waals surface area (Å²) >= 11 is 2.26. The Bertz CT molecular complexity index is 708. The number of aromatic nitrogens is 8. The van der Waals surface area contributed by atoms with Gasteiger partial charge >= 0.3 is 7.60 Å². The first kappa shape index (κ1) is 17.1. The summed E-state index contributed by atoms with van der Waals surface area (Å²) in [6.45, 7) is 0. The number of thioether (sulfide) groups is 2. The molecule has 0 bridgehead atoms.